The highest BCUT2D eigenvalue weighted by atomic mass is 35.5. The number of hydrogen-bond donors (Lipinski definition) is 2. The largest absolute Gasteiger partial charge is 0.339 e. The van der Waals surface area contributed by atoms with E-state index in [0.717, 1.165) is 17.7 Å². The van der Waals surface area contributed by atoms with Gasteiger partial charge >= 0.3 is 6.03 Å². The maximum absolute atomic E-state index is 14.7. The van der Waals surface area contributed by atoms with Crippen molar-refractivity contribution in [1.82, 2.24) is 15.3 Å². The molecule has 1 unspecified atom stereocenters. The van der Waals surface area contributed by atoms with Gasteiger partial charge in [-0.2, -0.15) is 0 Å². The Balaban J connectivity index is 1.56. The van der Waals surface area contributed by atoms with Gasteiger partial charge < -0.3 is 10.6 Å². The first-order chi connectivity index (χ1) is 16.4. The third kappa shape index (κ3) is 3.15. The van der Waals surface area contributed by atoms with Crippen LogP contribution in [0.3, 0.4) is 0 Å². The summed E-state index contributed by atoms with van der Waals surface area (Å²) in [5.41, 5.74) is 3.30. The molecule has 4 aromatic rings. The van der Waals surface area contributed by atoms with E-state index in [9.17, 15) is 18.0 Å². The predicted molar refractivity (Wildman–Crippen MR) is 122 cm³/mol. The predicted octanol–water partition coefficient (Wildman–Crippen LogP) is 5.62. The van der Waals surface area contributed by atoms with E-state index >= 15 is 0 Å². The van der Waals surface area contributed by atoms with E-state index in [1.807, 2.05) is 6.07 Å². The Morgan fingerprint density at radius 3 is 2.76 bits per heavy atom. The molecule has 2 amide bonds. The van der Waals surface area contributed by atoms with Crippen LogP contribution in [0.15, 0.2) is 48.8 Å². The van der Waals surface area contributed by atoms with Crippen LogP contribution in [-0.2, 0) is 6.42 Å². The minimum Gasteiger partial charge on any atom is -0.339 e. The zero-order valence-corrected chi connectivity index (χ0v) is 18.1. The van der Waals surface area contributed by atoms with Gasteiger partial charge in [-0.1, -0.05) is 17.7 Å². The van der Waals surface area contributed by atoms with Crippen molar-refractivity contribution >= 4 is 45.7 Å². The molecule has 3 aromatic carbocycles. The van der Waals surface area contributed by atoms with Crippen LogP contribution in [0.2, 0.25) is 5.02 Å². The average Bonchev–Trinajstić information content (AvgIpc) is 3.24. The summed E-state index contributed by atoms with van der Waals surface area (Å²) in [6, 6.07) is 8.43. The molecule has 2 aliphatic heterocycles. The second kappa shape index (κ2) is 7.59. The smallest absolute Gasteiger partial charge is 0.322 e. The maximum atomic E-state index is 14.7. The number of carbonyl (C=O) groups is 1. The molecule has 0 fully saturated rings. The van der Waals surface area contributed by atoms with Crippen LogP contribution in [0.4, 0.5) is 35.2 Å². The summed E-state index contributed by atoms with van der Waals surface area (Å²) in [5.74, 6) is -1.93. The number of amides is 2. The zero-order valence-electron chi connectivity index (χ0n) is 17.4. The molecule has 0 aliphatic carbocycles. The van der Waals surface area contributed by atoms with Gasteiger partial charge in [-0.25, -0.2) is 27.9 Å². The molecule has 0 saturated carbocycles. The summed E-state index contributed by atoms with van der Waals surface area (Å²) in [7, 11) is 0. The Kier molecular flexibility index (Phi) is 4.63. The van der Waals surface area contributed by atoms with Crippen LogP contribution in [0.5, 0.6) is 0 Å². The average molecular weight is 482 g/mol. The van der Waals surface area contributed by atoms with Crippen molar-refractivity contribution in [1.29, 1.82) is 0 Å². The van der Waals surface area contributed by atoms with Gasteiger partial charge in [0, 0.05) is 40.5 Å². The minimum absolute atomic E-state index is 0.0219. The number of rotatable bonds is 3. The van der Waals surface area contributed by atoms with Crippen LogP contribution in [-0.4, -0.2) is 22.5 Å². The van der Waals surface area contributed by atoms with E-state index in [2.05, 4.69) is 20.6 Å². The van der Waals surface area contributed by atoms with E-state index in [1.54, 1.807) is 11.0 Å². The number of aromatic nitrogens is 2. The lowest BCUT2D eigenvalue weighted by Gasteiger charge is -2.35. The first-order valence-corrected chi connectivity index (χ1v) is 10.8. The Hall–Kier alpha value is -3.85. The third-order valence-electron chi connectivity index (χ3n) is 6.15. The lowest BCUT2D eigenvalue weighted by molar-refractivity contribution is 0.243. The van der Waals surface area contributed by atoms with Crippen LogP contribution in [0.1, 0.15) is 22.7 Å². The number of nitrogens with one attached hydrogen (secondary N) is 2. The molecule has 0 bridgehead atoms. The Labute approximate surface area is 196 Å². The quantitative estimate of drug-likeness (QED) is 0.398. The summed E-state index contributed by atoms with van der Waals surface area (Å²) in [5, 5.41) is 6.35. The lowest BCUT2D eigenvalue weighted by atomic mass is 9.91. The monoisotopic (exact) mass is 481 g/mol. The number of carbonyl (C=O) groups excluding carboxylic acids is 1. The van der Waals surface area contributed by atoms with Crippen LogP contribution in [0, 0.1) is 17.5 Å². The van der Waals surface area contributed by atoms with Gasteiger partial charge in [0.05, 0.1) is 22.6 Å². The number of benzene rings is 3. The van der Waals surface area contributed by atoms with E-state index in [4.69, 9.17) is 11.6 Å². The Morgan fingerprint density at radius 2 is 1.91 bits per heavy atom. The topological polar surface area (TPSA) is 70.1 Å². The standard InChI is InChI=1S/C24H15ClF3N5O/c25-15-3-2-12(26)7-14(15)21-20-17(4-1-11-5-6-33(22(11)20)24(34)32-21)31-23-19-16(28)8-13(27)9-18(19)29-10-30-23/h1-4,7-10,21H,5-6H2,(H,32,34)(H,29,30,31). The highest BCUT2D eigenvalue weighted by Gasteiger charge is 2.39. The van der Waals surface area contributed by atoms with Crippen molar-refractivity contribution in [2.45, 2.75) is 12.5 Å². The zero-order chi connectivity index (χ0) is 23.6. The Morgan fingerprint density at radius 1 is 1.06 bits per heavy atom. The van der Waals surface area contributed by atoms with Crippen molar-refractivity contribution < 1.29 is 18.0 Å². The summed E-state index contributed by atoms with van der Waals surface area (Å²) >= 11 is 6.40. The first-order valence-electron chi connectivity index (χ1n) is 10.5. The van der Waals surface area contributed by atoms with Crippen molar-refractivity contribution in [3.8, 4) is 0 Å². The SMILES string of the molecule is O=C1NC(c2cc(F)ccc2Cl)c2c(Nc3ncnc4cc(F)cc(F)c34)ccc3c2N1CC3. The molecule has 3 heterocycles. The highest BCUT2D eigenvalue weighted by Crippen LogP contribution is 2.47. The highest BCUT2D eigenvalue weighted by molar-refractivity contribution is 6.31. The third-order valence-corrected chi connectivity index (χ3v) is 6.50. The summed E-state index contributed by atoms with van der Waals surface area (Å²) < 4.78 is 42.6. The number of anilines is 3. The molecule has 1 aromatic heterocycles. The van der Waals surface area contributed by atoms with Crippen molar-refractivity contribution in [3.63, 3.8) is 0 Å². The van der Waals surface area contributed by atoms with Gasteiger partial charge in [-0.3, -0.25) is 4.90 Å². The molecule has 10 heteroatoms. The fourth-order valence-corrected chi connectivity index (χ4v) is 4.92. The van der Waals surface area contributed by atoms with E-state index in [0.29, 0.717) is 35.5 Å². The molecule has 170 valence electrons. The number of hydrogen-bond acceptors (Lipinski definition) is 4. The van der Waals surface area contributed by atoms with Crippen molar-refractivity contribution in [2.75, 3.05) is 16.8 Å². The van der Waals surface area contributed by atoms with E-state index < -0.39 is 23.5 Å². The first kappa shape index (κ1) is 20.7. The van der Waals surface area contributed by atoms with Gasteiger partial charge in [-0.05, 0) is 36.2 Å². The summed E-state index contributed by atoms with van der Waals surface area (Å²) in [6.45, 7) is 0.492. The van der Waals surface area contributed by atoms with Crippen molar-refractivity contribution in [3.05, 3.63) is 88.0 Å². The molecule has 6 nitrogen and oxygen atoms in total. The number of fused-ring (bicyclic) bond motifs is 1. The molecule has 6 rings (SSSR count). The lowest BCUT2D eigenvalue weighted by Crippen LogP contribution is -2.46. The van der Waals surface area contributed by atoms with Crippen LogP contribution < -0.4 is 15.5 Å². The van der Waals surface area contributed by atoms with Gasteiger partial charge in [0.15, 0.2) is 0 Å². The number of halogens is 4. The van der Waals surface area contributed by atoms with E-state index in [-0.39, 0.29) is 27.8 Å². The molecule has 1 atom stereocenters. The molecule has 0 radical (unpaired) electrons. The molecule has 0 spiro atoms. The molecule has 34 heavy (non-hydrogen) atoms. The van der Waals surface area contributed by atoms with E-state index in [1.165, 1.54) is 24.5 Å². The number of urea groups is 1. The Bertz CT molecular complexity index is 1510. The molecule has 0 saturated heterocycles. The maximum Gasteiger partial charge on any atom is 0.322 e. The molecule has 2 N–H and O–H groups in total. The van der Waals surface area contributed by atoms with Gasteiger partial charge in [0.2, 0.25) is 0 Å². The van der Waals surface area contributed by atoms with Gasteiger partial charge in [0.25, 0.3) is 0 Å². The van der Waals surface area contributed by atoms with Gasteiger partial charge in [0.1, 0.15) is 29.6 Å². The fraction of sp³-hybridized carbons (Fsp3) is 0.125. The number of nitrogens with zero attached hydrogens (tertiary/aromatic N) is 3. The molecular formula is C24H15ClF3N5O. The second-order valence-corrected chi connectivity index (χ2v) is 8.52. The fourth-order valence-electron chi connectivity index (χ4n) is 4.70. The molecular weight excluding hydrogens is 467 g/mol. The van der Waals surface area contributed by atoms with Crippen LogP contribution in [0.25, 0.3) is 10.9 Å². The normalized spacial score (nSPS) is 16.5. The summed E-state index contributed by atoms with van der Waals surface area (Å²) in [6.07, 6.45) is 1.86. The molecule has 2 aliphatic rings. The minimum atomic E-state index is -0.812. The van der Waals surface area contributed by atoms with Crippen LogP contribution >= 0.6 is 11.6 Å². The summed E-state index contributed by atoms with van der Waals surface area (Å²) in [4.78, 5) is 22.6. The second-order valence-electron chi connectivity index (χ2n) is 8.11. The van der Waals surface area contributed by atoms with Crippen molar-refractivity contribution in [2.24, 2.45) is 0 Å². The van der Waals surface area contributed by atoms with Gasteiger partial charge in [-0.15, -0.1) is 0 Å².